The zero-order valence-corrected chi connectivity index (χ0v) is 25.2. The average molecular weight is 577 g/mol. The van der Waals surface area contributed by atoms with Gasteiger partial charge in [0, 0.05) is 36.7 Å². The zero-order chi connectivity index (χ0) is 29.9. The van der Waals surface area contributed by atoms with Crippen LogP contribution in [-0.4, -0.2) is 69.8 Å². The van der Waals surface area contributed by atoms with E-state index < -0.39 is 17.1 Å². The van der Waals surface area contributed by atoms with Crippen LogP contribution in [0.1, 0.15) is 54.0 Å². The molecule has 2 bridgehead atoms. The Morgan fingerprint density at radius 2 is 1.95 bits per heavy atom. The Labute approximate surface area is 254 Å². The van der Waals surface area contributed by atoms with Gasteiger partial charge in [0.05, 0.1) is 17.1 Å². The van der Waals surface area contributed by atoms with Gasteiger partial charge in [-0.1, -0.05) is 67.8 Å². The van der Waals surface area contributed by atoms with E-state index in [1.165, 1.54) is 5.56 Å². The highest BCUT2D eigenvalue weighted by molar-refractivity contribution is 5.94. The van der Waals surface area contributed by atoms with E-state index in [9.17, 15) is 15.0 Å². The maximum Gasteiger partial charge on any atom is 0.298 e. The number of hydrogen-bond donors (Lipinski definition) is 2. The van der Waals surface area contributed by atoms with Crippen molar-refractivity contribution in [1.82, 2.24) is 9.80 Å². The Kier molecular flexibility index (Phi) is 6.80. The molecule has 0 radical (unpaired) electrons. The van der Waals surface area contributed by atoms with Gasteiger partial charge in [-0.15, -0.1) is 0 Å². The standard InChI is InChI=1S/C37H40N2O4/c1-4-28-23-29(38(3)32(41)16-13-26-12-8-9-24(2)21-26)35-36-18-20-39(19-17-25-10-6-5-7-11-25)31(37(28,36)42)22-27-14-15-30(40)34(43-35)33(27)36/h5-12,14-15,21,28-29,31,35,40,42H,4,17-20,22-23H2,1-3H3/t28-,29-,31+,35+,36-,37+/m0/s1. The molecule has 4 aliphatic rings. The van der Waals surface area contributed by atoms with Crippen molar-refractivity contribution < 1.29 is 19.7 Å². The van der Waals surface area contributed by atoms with Gasteiger partial charge in [-0.2, -0.15) is 0 Å². The number of likely N-dealkylation sites (tertiary alicyclic amines) is 1. The number of nitrogens with zero attached hydrogens (tertiary/aromatic N) is 2. The Morgan fingerprint density at radius 1 is 1.14 bits per heavy atom. The number of phenolic OH excluding ortho intramolecular Hbond substituents is 1. The van der Waals surface area contributed by atoms with Gasteiger partial charge in [-0.05, 0) is 80.0 Å². The van der Waals surface area contributed by atoms with E-state index in [-0.39, 0.29) is 29.7 Å². The number of rotatable bonds is 5. The van der Waals surface area contributed by atoms with Gasteiger partial charge >= 0.3 is 0 Å². The Balaban J connectivity index is 1.27. The maximum atomic E-state index is 13.6. The SMILES string of the molecule is CC[C@H]1C[C@H](N(C)C(=O)C#Cc2cccc(C)c2)[C@H]2Oc3c(O)ccc4c3[C@@]23CCN(CCc2ccccc2)[C@H](C4)[C@]13O. The van der Waals surface area contributed by atoms with Crippen LogP contribution in [0.5, 0.6) is 11.5 Å². The molecular weight excluding hydrogens is 536 g/mol. The molecule has 0 unspecified atom stereocenters. The fourth-order valence-electron chi connectivity index (χ4n) is 8.95. The molecule has 0 aromatic heterocycles. The van der Waals surface area contributed by atoms with Gasteiger partial charge < -0.3 is 19.8 Å². The summed E-state index contributed by atoms with van der Waals surface area (Å²) in [5.74, 6) is 6.20. The largest absolute Gasteiger partial charge is 0.504 e. The van der Waals surface area contributed by atoms with Crippen LogP contribution in [-0.2, 0) is 23.1 Å². The molecule has 6 nitrogen and oxygen atoms in total. The molecule has 2 fully saturated rings. The van der Waals surface area contributed by atoms with Crippen molar-refractivity contribution in [2.24, 2.45) is 5.92 Å². The van der Waals surface area contributed by atoms with E-state index in [4.69, 9.17) is 4.74 Å². The van der Waals surface area contributed by atoms with Crippen LogP contribution in [0.2, 0.25) is 0 Å². The molecule has 3 aromatic rings. The van der Waals surface area contributed by atoms with Crippen molar-refractivity contribution in [2.45, 2.75) is 75.2 Å². The first-order chi connectivity index (χ1) is 20.8. The van der Waals surface area contributed by atoms with E-state index in [0.717, 1.165) is 48.2 Å². The minimum atomic E-state index is -1.05. The number of phenols is 1. The summed E-state index contributed by atoms with van der Waals surface area (Å²) in [6.45, 7) is 5.85. The number of hydrogen-bond acceptors (Lipinski definition) is 5. The smallest absolute Gasteiger partial charge is 0.298 e. The van der Waals surface area contributed by atoms with Gasteiger partial charge in [-0.3, -0.25) is 9.69 Å². The maximum absolute atomic E-state index is 13.6. The molecule has 2 aliphatic carbocycles. The summed E-state index contributed by atoms with van der Waals surface area (Å²) >= 11 is 0. The van der Waals surface area contributed by atoms with E-state index in [0.29, 0.717) is 25.0 Å². The lowest BCUT2D eigenvalue weighted by molar-refractivity contribution is -0.228. The van der Waals surface area contributed by atoms with Crippen LogP contribution in [0.4, 0.5) is 0 Å². The highest BCUT2D eigenvalue weighted by atomic mass is 16.5. The Bertz CT molecular complexity index is 1630. The topological polar surface area (TPSA) is 73.2 Å². The van der Waals surface area contributed by atoms with Gasteiger partial charge in [0.25, 0.3) is 5.91 Å². The first kappa shape index (κ1) is 28.0. The Morgan fingerprint density at radius 3 is 2.72 bits per heavy atom. The summed E-state index contributed by atoms with van der Waals surface area (Å²) in [5.41, 5.74) is 3.53. The number of piperidine rings is 1. The monoisotopic (exact) mass is 576 g/mol. The van der Waals surface area contributed by atoms with Crippen molar-refractivity contribution in [2.75, 3.05) is 20.1 Å². The van der Waals surface area contributed by atoms with Crippen LogP contribution >= 0.6 is 0 Å². The second-order valence-electron chi connectivity index (χ2n) is 13.0. The van der Waals surface area contributed by atoms with Crippen LogP contribution in [0.3, 0.4) is 0 Å². The summed E-state index contributed by atoms with van der Waals surface area (Å²) in [6, 6.07) is 21.8. The summed E-state index contributed by atoms with van der Waals surface area (Å²) in [6.07, 6.45) is 3.25. The fourth-order valence-corrected chi connectivity index (χ4v) is 8.95. The van der Waals surface area contributed by atoms with Gasteiger partial charge in [0.15, 0.2) is 11.5 Å². The van der Waals surface area contributed by atoms with Crippen molar-refractivity contribution in [1.29, 1.82) is 0 Å². The number of benzene rings is 3. The molecule has 2 N–H and O–H groups in total. The third-order valence-corrected chi connectivity index (χ3v) is 10.9. The molecule has 2 aliphatic heterocycles. The van der Waals surface area contributed by atoms with Gasteiger partial charge in [0.2, 0.25) is 0 Å². The number of carbonyl (C=O) groups is 1. The van der Waals surface area contributed by atoms with Gasteiger partial charge in [-0.25, -0.2) is 0 Å². The molecule has 6 atom stereocenters. The molecule has 2 heterocycles. The average Bonchev–Trinajstić information content (AvgIpc) is 3.36. The van der Waals surface area contributed by atoms with Crippen LogP contribution in [0, 0.1) is 24.7 Å². The first-order valence-corrected chi connectivity index (χ1v) is 15.7. The predicted molar refractivity (Wildman–Crippen MR) is 166 cm³/mol. The minimum absolute atomic E-state index is 0.0525. The van der Waals surface area contributed by atoms with Crippen LogP contribution < -0.4 is 4.74 Å². The Hall–Kier alpha value is -3.79. The fraction of sp³-hybridized carbons (Fsp3) is 0.432. The quantitative estimate of drug-likeness (QED) is 0.434. The van der Waals surface area contributed by atoms with Crippen molar-refractivity contribution in [3.63, 3.8) is 0 Å². The number of ether oxygens (including phenoxy) is 1. The normalized spacial score (nSPS) is 30.0. The number of likely N-dealkylation sites (N-methyl/N-ethyl adjacent to an activating group) is 1. The van der Waals surface area contributed by atoms with Gasteiger partial charge in [0.1, 0.15) is 6.10 Å². The van der Waals surface area contributed by atoms with Crippen LogP contribution in [0.25, 0.3) is 0 Å². The third-order valence-electron chi connectivity index (χ3n) is 10.9. The lowest BCUT2D eigenvalue weighted by atomic mass is 9.45. The lowest BCUT2D eigenvalue weighted by Gasteiger charge is -2.67. The molecule has 1 spiro atoms. The van der Waals surface area contributed by atoms with E-state index in [1.807, 2.05) is 50.4 Å². The molecule has 43 heavy (non-hydrogen) atoms. The summed E-state index contributed by atoms with van der Waals surface area (Å²) in [7, 11) is 1.81. The number of aromatic hydroxyl groups is 1. The molecule has 6 heteroatoms. The highest BCUT2D eigenvalue weighted by Gasteiger charge is 2.75. The number of amides is 1. The first-order valence-electron chi connectivity index (χ1n) is 15.7. The molecular formula is C37H40N2O4. The summed E-state index contributed by atoms with van der Waals surface area (Å²) in [5, 5.41) is 24.2. The molecule has 222 valence electrons. The number of carbonyl (C=O) groups excluding carboxylic acids is 1. The van der Waals surface area contributed by atoms with E-state index in [2.05, 4.69) is 47.9 Å². The van der Waals surface area contributed by atoms with Crippen molar-refractivity contribution in [3.05, 3.63) is 94.5 Å². The van der Waals surface area contributed by atoms with Crippen molar-refractivity contribution >= 4 is 5.91 Å². The second kappa shape index (κ2) is 10.4. The second-order valence-corrected chi connectivity index (χ2v) is 13.0. The molecule has 1 amide bonds. The molecule has 7 rings (SSSR count). The molecule has 3 aromatic carbocycles. The van der Waals surface area contributed by atoms with Crippen LogP contribution in [0.15, 0.2) is 66.7 Å². The van der Waals surface area contributed by atoms with Crippen molar-refractivity contribution in [3.8, 4) is 23.3 Å². The highest BCUT2D eigenvalue weighted by Crippen LogP contribution is 2.67. The molecule has 1 saturated carbocycles. The summed E-state index contributed by atoms with van der Waals surface area (Å²) < 4.78 is 6.72. The minimum Gasteiger partial charge on any atom is -0.504 e. The van der Waals surface area contributed by atoms with E-state index in [1.54, 1.807) is 11.0 Å². The predicted octanol–water partition coefficient (Wildman–Crippen LogP) is 4.61. The summed E-state index contributed by atoms with van der Waals surface area (Å²) in [4.78, 5) is 17.8. The molecule has 1 saturated heterocycles. The zero-order valence-electron chi connectivity index (χ0n) is 25.2. The lowest BCUT2D eigenvalue weighted by Crippen LogP contribution is -2.81. The third kappa shape index (κ3) is 4.12. The number of aliphatic hydroxyl groups is 1. The number of aryl methyl sites for hydroxylation is 1. The van der Waals surface area contributed by atoms with E-state index >= 15 is 0 Å².